The molecule has 1 unspecified atom stereocenters. The van der Waals surface area contributed by atoms with Crippen molar-refractivity contribution in [3.05, 3.63) is 29.5 Å². The molecule has 2 fully saturated rings. The first-order chi connectivity index (χ1) is 10.9. The van der Waals surface area contributed by atoms with E-state index in [2.05, 4.69) is 35.8 Å². The van der Waals surface area contributed by atoms with Crippen molar-refractivity contribution in [1.82, 2.24) is 20.4 Å². The summed E-state index contributed by atoms with van der Waals surface area (Å²) in [6, 6.07) is 6.34. The minimum Gasteiger partial charge on any atom is -0.345 e. The second-order valence-corrected chi connectivity index (χ2v) is 7.62. The molecule has 1 saturated carbocycles. The average molecular weight is 312 g/mol. The molecule has 1 amide bonds. The Balaban J connectivity index is 1.63. The molecule has 0 spiro atoms. The third kappa shape index (κ3) is 2.26. The van der Waals surface area contributed by atoms with Crippen LogP contribution in [0.1, 0.15) is 25.1 Å². The summed E-state index contributed by atoms with van der Waals surface area (Å²) in [4.78, 5) is 12.6. The summed E-state index contributed by atoms with van der Waals surface area (Å²) >= 11 is 0. The second-order valence-electron chi connectivity index (χ2n) is 7.62. The van der Waals surface area contributed by atoms with E-state index in [1.54, 1.807) is 0 Å². The summed E-state index contributed by atoms with van der Waals surface area (Å²) in [5.74, 6) is 1.44. The number of fused-ring (bicyclic) bond motifs is 2. The van der Waals surface area contributed by atoms with Crippen LogP contribution in [0.15, 0.2) is 18.2 Å². The first-order valence-corrected chi connectivity index (χ1v) is 8.35. The van der Waals surface area contributed by atoms with Crippen molar-refractivity contribution in [3.8, 4) is 0 Å². The number of carbonyl (C=O) groups excluding carboxylic acids is 1. The van der Waals surface area contributed by atoms with Gasteiger partial charge in [0.25, 0.3) is 0 Å². The van der Waals surface area contributed by atoms with Crippen LogP contribution in [0, 0.1) is 24.7 Å². The van der Waals surface area contributed by atoms with Gasteiger partial charge in [0.15, 0.2) is 0 Å². The van der Waals surface area contributed by atoms with Crippen molar-refractivity contribution in [1.29, 1.82) is 0 Å². The highest BCUT2D eigenvalue weighted by molar-refractivity contribution is 5.86. The van der Waals surface area contributed by atoms with Crippen LogP contribution in [0.5, 0.6) is 0 Å². The number of hydrogen-bond donors (Lipinski definition) is 2. The van der Waals surface area contributed by atoms with Gasteiger partial charge in [-0.1, -0.05) is 11.6 Å². The molecule has 1 saturated heterocycles. The van der Waals surface area contributed by atoms with Crippen molar-refractivity contribution in [2.75, 3.05) is 13.1 Å². The lowest BCUT2D eigenvalue weighted by atomic mass is 9.96. The fraction of sp³-hybridized carbons (Fsp3) is 0.556. The standard InChI is InChI=1S/C18H24N4O/c1-10-5-6-14-11(7-10)16(21-22(14)4)18(2,3)20-17(23)15-12-8-19-9-13(12)15/h5-7,12-13,15,19H,8-9H2,1-4H3,(H,20,23)/t12-,13+,15?. The smallest absolute Gasteiger partial charge is 0.224 e. The van der Waals surface area contributed by atoms with E-state index in [-0.39, 0.29) is 11.8 Å². The maximum atomic E-state index is 12.6. The van der Waals surface area contributed by atoms with Gasteiger partial charge in [0, 0.05) is 18.4 Å². The summed E-state index contributed by atoms with van der Waals surface area (Å²) in [6.07, 6.45) is 0. The number of benzene rings is 1. The number of amides is 1. The maximum absolute atomic E-state index is 12.6. The topological polar surface area (TPSA) is 59.0 Å². The third-order valence-corrected chi connectivity index (χ3v) is 5.43. The van der Waals surface area contributed by atoms with Gasteiger partial charge in [-0.3, -0.25) is 9.48 Å². The molecule has 0 radical (unpaired) electrons. The van der Waals surface area contributed by atoms with Gasteiger partial charge >= 0.3 is 0 Å². The van der Waals surface area contributed by atoms with Gasteiger partial charge in [-0.2, -0.15) is 5.10 Å². The van der Waals surface area contributed by atoms with E-state index in [1.165, 1.54) is 5.56 Å². The highest BCUT2D eigenvalue weighted by Crippen LogP contribution is 2.49. The molecule has 1 aromatic heterocycles. The van der Waals surface area contributed by atoms with Gasteiger partial charge in [-0.15, -0.1) is 0 Å². The quantitative estimate of drug-likeness (QED) is 0.907. The zero-order valence-electron chi connectivity index (χ0n) is 14.2. The van der Waals surface area contributed by atoms with Crippen LogP contribution >= 0.6 is 0 Å². The molecule has 2 N–H and O–H groups in total. The molecule has 2 aliphatic rings. The van der Waals surface area contributed by atoms with Crippen molar-refractivity contribution in [2.24, 2.45) is 24.8 Å². The highest BCUT2D eigenvalue weighted by Gasteiger charge is 2.57. The van der Waals surface area contributed by atoms with Gasteiger partial charge < -0.3 is 10.6 Å². The number of hydrogen-bond acceptors (Lipinski definition) is 3. The predicted molar refractivity (Wildman–Crippen MR) is 90.0 cm³/mol. The maximum Gasteiger partial charge on any atom is 0.224 e. The van der Waals surface area contributed by atoms with Crippen molar-refractivity contribution >= 4 is 16.8 Å². The molecule has 1 aliphatic carbocycles. The summed E-state index contributed by atoms with van der Waals surface area (Å²) in [5.41, 5.74) is 2.77. The van der Waals surface area contributed by atoms with Crippen LogP contribution < -0.4 is 10.6 Å². The van der Waals surface area contributed by atoms with E-state index >= 15 is 0 Å². The van der Waals surface area contributed by atoms with Gasteiger partial charge in [-0.05, 0) is 57.8 Å². The molecular weight excluding hydrogens is 288 g/mol. The molecule has 3 atom stereocenters. The van der Waals surface area contributed by atoms with Crippen LogP contribution in [0.2, 0.25) is 0 Å². The van der Waals surface area contributed by atoms with E-state index < -0.39 is 5.54 Å². The van der Waals surface area contributed by atoms with E-state index in [9.17, 15) is 4.79 Å². The van der Waals surface area contributed by atoms with Crippen molar-refractivity contribution < 1.29 is 4.79 Å². The lowest BCUT2D eigenvalue weighted by molar-refractivity contribution is -0.124. The fourth-order valence-electron chi connectivity index (χ4n) is 4.10. The Hall–Kier alpha value is -1.88. The fourth-order valence-corrected chi connectivity index (χ4v) is 4.10. The van der Waals surface area contributed by atoms with Gasteiger partial charge in [-0.25, -0.2) is 0 Å². The third-order valence-electron chi connectivity index (χ3n) is 5.43. The second kappa shape index (κ2) is 4.81. The molecule has 5 heteroatoms. The Kier molecular flexibility index (Phi) is 3.07. The summed E-state index contributed by atoms with van der Waals surface area (Å²) in [5, 5.41) is 12.4. The Morgan fingerprint density at radius 2 is 2.04 bits per heavy atom. The number of nitrogens with one attached hydrogen (secondary N) is 2. The molecule has 1 aliphatic heterocycles. The Morgan fingerprint density at radius 3 is 2.74 bits per heavy atom. The lowest BCUT2D eigenvalue weighted by Gasteiger charge is -2.25. The molecule has 0 bridgehead atoms. The van der Waals surface area contributed by atoms with Crippen LogP contribution in [0.4, 0.5) is 0 Å². The monoisotopic (exact) mass is 312 g/mol. The lowest BCUT2D eigenvalue weighted by Crippen LogP contribution is -2.43. The molecular formula is C18H24N4O. The summed E-state index contributed by atoms with van der Waals surface area (Å²) in [6.45, 7) is 8.14. The Bertz CT molecular complexity index is 782. The van der Waals surface area contributed by atoms with Gasteiger partial charge in [0.1, 0.15) is 0 Å². The summed E-state index contributed by atoms with van der Waals surface area (Å²) in [7, 11) is 1.95. The number of nitrogens with zero attached hydrogens (tertiary/aromatic N) is 2. The van der Waals surface area contributed by atoms with Crippen molar-refractivity contribution in [2.45, 2.75) is 26.3 Å². The number of aryl methyl sites for hydroxylation is 2. The van der Waals surface area contributed by atoms with Crippen LogP contribution in [-0.4, -0.2) is 28.8 Å². The van der Waals surface area contributed by atoms with E-state index in [0.717, 1.165) is 29.7 Å². The number of rotatable bonds is 3. The minimum absolute atomic E-state index is 0.179. The average Bonchev–Trinajstić information content (AvgIpc) is 2.80. The molecule has 122 valence electrons. The molecule has 1 aromatic carbocycles. The first-order valence-electron chi connectivity index (χ1n) is 8.35. The molecule has 5 nitrogen and oxygen atoms in total. The minimum atomic E-state index is -0.477. The SMILES string of the molecule is Cc1ccc2c(c1)c(C(C)(C)NC(=O)C1[C@H]3CNC[C@@H]13)nn2C. The van der Waals surface area contributed by atoms with Crippen LogP contribution in [0.25, 0.3) is 10.9 Å². The van der Waals surface area contributed by atoms with E-state index in [0.29, 0.717) is 11.8 Å². The molecule has 2 heterocycles. The molecule has 2 aromatic rings. The first kappa shape index (κ1) is 14.7. The highest BCUT2D eigenvalue weighted by atomic mass is 16.2. The zero-order chi connectivity index (χ0) is 16.4. The Morgan fingerprint density at radius 1 is 1.35 bits per heavy atom. The molecule has 4 rings (SSSR count). The van der Waals surface area contributed by atoms with Crippen LogP contribution in [-0.2, 0) is 17.4 Å². The predicted octanol–water partition coefficient (Wildman–Crippen LogP) is 1.70. The number of piperidine rings is 1. The van der Waals surface area contributed by atoms with E-state index in [4.69, 9.17) is 5.10 Å². The Labute approximate surface area is 136 Å². The number of aromatic nitrogens is 2. The van der Waals surface area contributed by atoms with Gasteiger partial charge in [0.2, 0.25) is 5.91 Å². The zero-order valence-corrected chi connectivity index (χ0v) is 14.2. The summed E-state index contributed by atoms with van der Waals surface area (Å²) < 4.78 is 1.90. The van der Waals surface area contributed by atoms with E-state index in [1.807, 2.05) is 25.6 Å². The molecule has 23 heavy (non-hydrogen) atoms. The van der Waals surface area contributed by atoms with Crippen molar-refractivity contribution in [3.63, 3.8) is 0 Å². The van der Waals surface area contributed by atoms with Crippen LogP contribution in [0.3, 0.4) is 0 Å². The number of carbonyl (C=O) groups is 1. The normalized spacial score (nSPS) is 26.3. The largest absolute Gasteiger partial charge is 0.345 e. The van der Waals surface area contributed by atoms with Gasteiger partial charge in [0.05, 0.1) is 16.7 Å².